The van der Waals surface area contributed by atoms with Gasteiger partial charge in [-0.1, -0.05) is 30.3 Å². The molecule has 3 aromatic carbocycles. The summed E-state index contributed by atoms with van der Waals surface area (Å²) in [6, 6.07) is 16.0. The average Bonchev–Trinajstić information content (AvgIpc) is 3.24. The Morgan fingerprint density at radius 2 is 0.890 bits per heavy atom. The lowest BCUT2D eigenvalue weighted by molar-refractivity contribution is 0.0452. The van der Waals surface area contributed by atoms with Crippen molar-refractivity contribution >= 4 is 70.0 Å². The van der Waals surface area contributed by atoms with Crippen LogP contribution < -0.4 is 41.7 Å². The fourth-order valence-corrected chi connectivity index (χ4v) is 8.28. The third kappa shape index (κ3) is 16.5. The van der Waals surface area contributed by atoms with E-state index in [1.807, 2.05) is 12.1 Å². The molecular formula is C52H70N10O11. The number of fused-ring (bicyclic) bond motifs is 1. The van der Waals surface area contributed by atoms with Gasteiger partial charge in [-0.2, -0.15) is 0 Å². The van der Waals surface area contributed by atoms with Crippen molar-refractivity contribution in [1.82, 2.24) is 31.5 Å². The van der Waals surface area contributed by atoms with E-state index < -0.39 is 82.8 Å². The largest absolute Gasteiger partial charge is 0.506 e. The number of anilines is 4. The van der Waals surface area contributed by atoms with Crippen molar-refractivity contribution in [1.29, 1.82) is 0 Å². The predicted octanol–water partition coefficient (Wildman–Crippen LogP) is 7.83. The molecule has 2 fully saturated rings. The number of piperidine rings is 2. The smallest absolute Gasteiger partial charge is 0.407 e. The van der Waals surface area contributed by atoms with Gasteiger partial charge < -0.3 is 65.8 Å². The lowest BCUT2D eigenvalue weighted by Gasteiger charge is -2.40. The van der Waals surface area contributed by atoms with Crippen LogP contribution in [-0.4, -0.2) is 124 Å². The minimum absolute atomic E-state index is 0.0435. The lowest BCUT2D eigenvalue weighted by atomic mass is 9.99. The standard InChI is InChI=1S/C52H70N10O11/c1-49(2,3)70-45(66)55-33-23-34(56-46(67)71-50(4,5)6)27-61(26-33)40-25-39(44(65)54-32-20-18-31(19-21-32)53-43(64)38-22-17-30-15-13-14-16-37(30)41(38)63)42(60-59-40)62-28-35(57-47(68)72-51(7,8)9)24-36(29-62)58-48(69)73-52(10,11)12/h13-22,25,33-36,63H,23-24,26-29H2,1-12H3,(H,53,64)(H,54,65)(H,55,66)(H,56,67)(H,57,68)(H,58,69)/t33-,34+,35-,36+. The molecule has 0 radical (unpaired) electrons. The molecule has 4 aromatic rings. The van der Waals surface area contributed by atoms with Crippen LogP contribution in [0.2, 0.25) is 0 Å². The second kappa shape index (κ2) is 22.0. The number of aromatic nitrogens is 2. The fourth-order valence-electron chi connectivity index (χ4n) is 8.28. The van der Waals surface area contributed by atoms with Crippen molar-refractivity contribution in [3.05, 3.63) is 77.9 Å². The molecular weight excluding hydrogens is 941 g/mol. The van der Waals surface area contributed by atoms with Crippen LogP contribution in [0.25, 0.3) is 10.8 Å². The third-order valence-corrected chi connectivity index (χ3v) is 11.0. The molecule has 1 aromatic heterocycles. The van der Waals surface area contributed by atoms with Gasteiger partial charge in [0.25, 0.3) is 11.8 Å². The number of carbonyl (C=O) groups excluding carboxylic acids is 6. The summed E-state index contributed by atoms with van der Waals surface area (Å²) in [4.78, 5) is 84.1. The number of aromatic hydroxyl groups is 1. The number of hydrogen-bond acceptors (Lipinski definition) is 15. The van der Waals surface area contributed by atoms with Gasteiger partial charge in [-0.25, -0.2) is 19.2 Å². The molecule has 0 saturated carbocycles. The van der Waals surface area contributed by atoms with Crippen LogP contribution in [0.1, 0.15) is 117 Å². The Kier molecular flexibility index (Phi) is 16.5. The Morgan fingerprint density at radius 3 is 1.30 bits per heavy atom. The molecule has 0 aliphatic carbocycles. The zero-order valence-corrected chi connectivity index (χ0v) is 43.7. The van der Waals surface area contributed by atoms with E-state index in [-0.39, 0.29) is 61.1 Å². The van der Waals surface area contributed by atoms with Gasteiger partial charge in [0.1, 0.15) is 28.2 Å². The number of ether oxygens (including phenoxy) is 4. The third-order valence-electron chi connectivity index (χ3n) is 11.0. The van der Waals surface area contributed by atoms with Gasteiger partial charge in [-0.05, 0) is 138 Å². The van der Waals surface area contributed by atoms with Crippen molar-refractivity contribution in [3.8, 4) is 5.75 Å². The average molecular weight is 1010 g/mol. The zero-order chi connectivity index (χ0) is 53.6. The second-order valence-electron chi connectivity index (χ2n) is 22.3. The van der Waals surface area contributed by atoms with E-state index in [1.165, 1.54) is 0 Å². The van der Waals surface area contributed by atoms with E-state index in [4.69, 9.17) is 18.9 Å². The predicted molar refractivity (Wildman–Crippen MR) is 276 cm³/mol. The Labute approximate surface area is 425 Å². The molecule has 0 unspecified atom stereocenters. The van der Waals surface area contributed by atoms with Gasteiger partial charge in [0.2, 0.25) is 0 Å². The Hall–Kier alpha value is -7.58. The van der Waals surface area contributed by atoms with E-state index in [0.29, 0.717) is 23.2 Å². The monoisotopic (exact) mass is 1010 g/mol. The summed E-state index contributed by atoms with van der Waals surface area (Å²) in [5, 5.41) is 38.8. The highest BCUT2D eigenvalue weighted by atomic mass is 16.6. The van der Waals surface area contributed by atoms with Crippen LogP contribution in [0.5, 0.6) is 5.75 Å². The van der Waals surface area contributed by atoms with Crippen LogP contribution in [0.4, 0.5) is 42.2 Å². The molecule has 21 heteroatoms. The van der Waals surface area contributed by atoms with Gasteiger partial charge in [0.05, 0.1) is 35.3 Å². The number of rotatable bonds is 10. The number of phenolic OH excluding ortho intramolecular Hbond substituents is 1. The fraction of sp³-hybridized carbons (Fsp3) is 0.500. The first-order chi connectivity index (χ1) is 34.0. The summed E-state index contributed by atoms with van der Waals surface area (Å²) in [6.07, 6.45) is -2.11. The van der Waals surface area contributed by atoms with E-state index >= 15 is 0 Å². The minimum Gasteiger partial charge on any atom is -0.506 e. The number of alkyl carbamates (subject to hydrolysis) is 4. The van der Waals surface area contributed by atoms with Gasteiger partial charge in [-0.15, -0.1) is 10.2 Å². The summed E-state index contributed by atoms with van der Waals surface area (Å²) in [7, 11) is 0. The molecule has 2 saturated heterocycles. The van der Waals surface area contributed by atoms with E-state index in [0.717, 1.165) is 5.39 Å². The number of nitrogens with zero attached hydrogens (tertiary/aromatic N) is 4. The van der Waals surface area contributed by atoms with Crippen molar-refractivity contribution in [3.63, 3.8) is 0 Å². The van der Waals surface area contributed by atoms with Crippen molar-refractivity contribution in [2.45, 2.75) is 142 Å². The highest BCUT2D eigenvalue weighted by Crippen LogP contribution is 2.31. The molecule has 2 aliphatic heterocycles. The molecule has 6 amide bonds. The molecule has 0 bridgehead atoms. The molecule has 6 rings (SSSR count). The zero-order valence-electron chi connectivity index (χ0n) is 43.7. The number of phenols is 1. The number of hydrogen-bond donors (Lipinski definition) is 7. The molecule has 0 spiro atoms. The van der Waals surface area contributed by atoms with E-state index in [2.05, 4.69) is 42.1 Å². The van der Waals surface area contributed by atoms with Crippen molar-refractivity contribution in [2.24, 2.45) is 0 Å². The van der Waals surface area contributed by atoms with Crippen LogP contribution in [0, 0.1) is 0 Å². The lowest BCUT2D eigenvalue weighted by Crippen LogP contribution is -2.58. The minimum atomic E-state index is -0.805. The number of nitrogens with one attached hydrogen (secondary N) is 6. The van der Waals surface area contributed by atoms with Gasteiger partial charge in [0, 0.05) is 42.9 Å². The first-order valence-electron chi connectivity index (χ1n) is 24.2. The Balaban J connectivity index is 1.34. The maximum Gasteiger partial charge on any atom is 0.407 e. The van der Waals surface area contributed by atoms with Gasteiger partial charge in [0.15, 0.2) is 11.6 Å². The van der Waals surface area contributed by atoms with Gasteiger partial charge >= 0.3 is 24.4 Å². The first kappa shape index (κ1) is 54.7. The SMILES string of the molecule is CC(C)(C)OC(=O)N[C@@H]1C[C@H](NC(=O)OC(C)(C)C)CN(c2cc(C(=O)Nc3ccc(NC(=O)c4ccc5ccccc5c4O)cc3)c(N3C[C@H](NC(=O)OC(C)(C)C)C[C@H](NC(=O)OC(C)(C)C)C3)nn2)C1. The van der Waals surface area contributed by atoms with Crippen molar-refractivity contribution < 1.29 is 52.8 Å². The van der Waals surface area contributed by atoms with Crippen LogP contribution in [0.3, 0.4) is 0 Å². The summed E-state index contributed by atoms with van der Waals surface area (Å²) < 4.78 is 22.3. The van der Waals surface area contributed by atoms with Gasteiger partial charge in [-0.3, -0.25) is 9.59 Å². The topological polar surface area (TPSA) is 264 Å². The number of carbonyl (C=O) groups is 6. The molecule has 73 heavy (non-hydrogen) atoms. The molecule has 394 valence electrons. The highest BCUT2D eigenvalue weighted by Gasteiger charge is 2.37. The summed E-state index contributed by atoms with van der Waals surface area (Å²) in [6.45, 7) is 21.5. The summed E-state index contributed by atoms with van der Waals surface area (Å²) >= 11 is 0. The van der Waals surface area contributed by atoms with Crippen LogP contribution in [0.15, 0.2) is 66.7 Å². The van der Waals surface area contributed by atoms with E-state index in [9.17, 15) is 33.9 Å². The Morgan fingerprint density at radius 1 is 0.507 bits per heavy atom. The highest BCUT2D eigenvalue weighted by molar-refractivity contribution is 6.10. The number of benzene rings is 3. The first-order valence-corrected chi connectivity index (χ1v) is 24.2. The summed E-state index contributed by atoms with van der Waals surface area (Å²) in [5.74, 6) is -0.977. The normalized spacial score (nSPS) is 18.4. The summed E-state index contributed by atoms with van der Waals surface area (Å²) in [5.41, 5.74) is -2.33. The molecule has 7 N–H and O–H groups in total. The quantitative estimate of drug-likeness (QED) is 0.0747. The molecule has 4 atom stereocenters. The Bertz CT molecular complexity index is 2600. The van der Waals surface area contributed by atoms with Crippen LogP contribution >= 0.6 is 0 Å². The molecule has 21 nitrogen and oxygen atoms in total. The van der Waals surface area contributed by atoms with E-state index in [1.54, 1.807) is 147 Å². The van der Waals surface area contributed by atoms with Crippen molar-refractivity contribution in [2.75, 3.05) is 46.6 Å². The molecule has 2 aliphatic rings. The van der Waals surface area contributed by atoms with Crippen LogP contribution in [-0.2, 0) is 18.9 Å². The molecule has 3 heterocycles. The maximum atomic E-state index is 14.8. The maximum absolute atomic E-state index is 14.8. The number of amides is 6. The second-order valence-corrected chi connectivity index (χ2v) is 22.3.